The van der Waals surface area contributed by atoms with E-state index in [9.17, 15) is 0 Å². The van der Waals surface area contributed by atoms with Crippen molar-refractivity contribution in [3.05, 3.63) is 28.4 Å². The molecule has 0 radical (unpaired) electrons. The van der Waals surface area contributed by atoms with Crippen LogP contribution in [-0.4, -0.2) is 28.3 Å². The predicted molar refractivity (Wildman–Crippen MR) is 112 cm³/mol. The van der Waals surface area contributed by atoms with Crippen molar-refractivity contribution in [1.82, 2.24) is 15.3 Å². The number of nitrogens with zero attached hydrogens (tertiary/aromatic N) is 2. The Morgan fingerprint density at radius 3 is 2.85 bits per heavy atom. The number of pyridine rings is 1. The molecule has 0 amide bonds. The molecule has 0 bridgehead atoms. The summed E-state index contributed by atoms with van der Waals surface area (Å²) < 4.78 is 0. The van der Waals surface area contributed by atoms with E-state index in [-0.39, 0.29) is 0 Å². The third-order valence-electron chi connectivity index (χ3n) is 5.21. The first-order chi connectivity index (χ1) is 12.5. The normalized spacial score (nSPS) is 20.0. The molecule has 26 heavy (non-hydrogen) atoms. The molecule has 140 valence electrons. The molecule has 6 heteroatoms. The molecule has 3 heterocycles. The lowest BCUT2D eigenvalue weighted by atomic mass is 9.79. The molecule has 0 spiro atoms. The summed E-state index contributed by atoms with van der Waals surface area (Å²) in [6.07, 6.45) is 5.94. The zero-order valence-corrected chi connectivity index (χ0v) is 17.5. The molecule has 1 aliphatic carbocycles. The first kappa shape index (κ1) is 18.3. The Morgan fingerprint density at radius 1 is 1.23 bits per heavy atom. The second-order valence-corrected chi connectivity index (χ2v) is 10.7. The maximum absolute atomic E-state index is 4.84. The topological polar surface area (TPSA) is 49.8 Å². The Kier molecular flexibility index (Phi) is 5.26. The van der Waals surface area contributed by atoms with Gasteiger partial charge in [0.25, 0.3) is 0 Å². The van der Waals surface area contributed by atoms with Crippen LogP contribution in [0.4, 0.5) is 10.9 Å². The van der Waals surface area contributed by atoms with Gasteiger partial charge in [-0.3, -0.25) is 0 Å². The average molecular weight is 389 g/mol. The van der Waals surface area contributed by atoms with Crippen molar-refractivity contribution < 1.29 is 0 Å². The van der Waals surface area contributed by atoms with Gasteiger partial charge in [0.1, 0.15) is 5.82 Å². The van der Waals surface area contributed by atoms with Gasteiger partial charge in [0, 0.05) is 20.7 Å². The summed E-state index contributed by atoms with van der Waals surface area (Å²) in [5.74, 6) is 0.923. The van der Waals surface area contributed by atoms with Gasteiger partial charge >= 0.3 is 0 Å². The van der Waals surface area contributed by atoms with Gasteiger partial charge < -0.3 is 10.6 Å². The number of fused-ring (bicyclic) bond motifs is 1. The lowest BCUT2D eigenvalue weighted by molar-refractivity contribution is 0.316. The first-order valence-electron chi connectivity index (χ1n) is 9.59. The van der Waals surface area contributed by atoms with E-state index in [4.69, 9.17) is 4.98 Å². The van der Waals surface area contributed by atoms with Gasteiger partial charge in [-0.15, -0.1) is 23.1 Å². The molecule has 1 saturated heterocycles. The number of hydrogen-bond donors (Lipinski definition) is 2. The monoisotopic (exact) mass is 388 g/mol. The molecule has 2 aromatic heterocycles. The van der Waals surface area contributed by atoms with E-state index in [0.29, 0.717) is 10.7 Å². The minimum absolute atomic E-state index is 0.400. The predicted octanol–water partition coefficient (Wildman–Crippen LogP) is 4.95. The number of hydrogen-bond acceptors (Lipinski definition) is 6. The van der Waals surface area contributed by atoms with Gasteiger partial charge in [0.05, 0.1) is 5.69 Å². The fraction of sp³-hybridized carbons (Fsp3) is 0.600. The number of piperidine rings is 1. The van der Waals surface area contributed by atoms with E-state index in [1.54, 1.807) is 11.3 Å². The van der Waals surface area contributed by atoms with Crippen LogP contribution < -0.4 is 10.6 Å². The minimum Gasteiger partial charge on any atom is -0.317 e. The SMILES string of the molecule is Cc1cc(SC2CCNCC2)cc(Nc2nc3c(s2)CC(C)(C)CC3)n1. The molecule has 2 aliphatic rings. The van der Waals surface area contributed by atoms with Crippen molar-refractivity contribution >= 4 is 34.0 Å². The molecule has 1 aliphatic heterocycles. The summed E-state index contributed by atoms with van der Waals surface area (Å²) in [6.45, 7) is 9.05. The van der Waals surface area contributed by atoms with Gasteiger partial charge in [-0.2, -0.15) is 0 Å². The molecule has 0 atom stereocenters. The highest BCUT2D eigenvalue weighted by atomic mass is 32.2. The molecular formula is C20H28N4S2. The molecule has 4 nitrogen and oxygen atoms in total. The van der Waals surface area contributed by atoms with E-state index < -0.39 is 0 Å². The highest BCUT2D eigenvalue weighted by molar-refractivity contribution is 8.00. The lowest BCUT2D eigenvalue weighted by Gasteiger charge is -2.28. The highest BCUT2D eigenvalue weighted by Crippen LogP contribution is 2.39. The van der Waals surface area contributed by atoms with Gasteiger partial charge in [0.2, 0.25) is 0 Å². The second-order valence-electron chi connectivity index (χ2n) is 8.25. The molecule has 1 fully saturated rings. The average Bonchev–Trinajstić information content (AvgIpc) is 2.95. The molecule has 2 N–H and O–H groups in total. The molecule has 0 unspecified atom stereocenters. The molecule has 0 aromatic carbocycles. The zero-order valence-electron chi connectivity index (χ0n) is 15.9. The van der Waals surface area contributed by atoms with Crippen LogP contribution in [0.15, 0.2) is 17.0 Å². The van der Waals surface area contributed by atoms with E-state index in [1.807, 2.05) is 11.8 Å². The third kappa shape index (κ3) is 4.41. The maximum atomic E-state index is 4.84. The lowest BCUT2D eigenvalue weighted by Crippen LogP contribution is -2.29. The largest absolute Gasteiger partial charge is 0.317 e. The molecule has 4 rings (SSSR count). The number of thioether (sulfide) groups is 1. The number of rotatable bonds is 4. The van der Waals surface area contributed by atoms with Crippen LogP contribution in [0, 0.1) is 12.3 Å². The summed E-state index contributed by atoms with van der Waals surface area (Å²) in [6, 6.07) is 4.39. The highest BCUT2D eigenvalue weighted by Gasteiger charge is 2.28. The minimum atomic E-state index is 0.400. The van der Waals surface area contributed by atoms with E-state index >= 15 is 0 Å². The third-order valence-corrected chi connectivity index (χ3v) is 7.53. The van der Waals surface area contributed by atoms with Gasteiger partial charge in [0.15, 0.2) is 5.13 Å². The zero-order chi connectivity index (χ0) is 18.1. The van der Waals surface area contributed by atoms with E-state index in [0.717, 1.165) is 42.6 Å². The van der Waals surface area contributed by atoms with Crippen LogP contribution in [0.25, 0.3) is 0 Å². The van der Waals surface area contributed by atoms with Crippen molar-refractivity contribution in [2.75, 3.05) is 18.4 Å². The summed E-state index contributed by atoms with van der Waals surface area (Å²) >= 11 is 3.80. The maximum Gasteiger partial charge on any atom is 0.188 e. The van der Waals surface area contributed by atoms with Crippen LogP contribution >= 0.6 is 23.1 Å². The second kappa shape index (κ2) is 7.49. The Morgan fingerprint density at radius 2 is 2.04 bits per heavy atom. The first-order valence-corrected chi connectivity index (χ1v) is 11.3. The van der Waals surface area contributed by atoms with Crippen molar-refractivity contribution in [2.45, 2.75) is 63.0 Å². The van der Waals surface area contributed by atoms with Crippen LogP contribution in [0.5, 0.6) is 0 Å². The number of aryl methyl sites for hydroxylation is 2. The molecular weight excluding hydrogens is 360 g/mol. The Labute approximate surface area is 164 Å². The molecule has 2 aromatic rings. The number of anilines is 2. The summed E-state index contributed by atoms with van der Waals surface area (Å²) in [5, 5.41) is 8.62. The quantitative estimate of drug-likeness (QED) is 0.776. The van der Waals surface area contributed by atoms with Gasteiger partial charge in [-0.25, -0.2) is 9.97 Å². The van der Waals surface area contributed by atoms with Crippen molar-refractivity contribution in [1.29, 1.82) is 0 Å². The smallest absolute Gasteiger partial charge is 0.188 e. The van der Waals surface area contributed by atoms with Crippen LogP contribution in [0.1, 0.15) is 49.4 Å². The van der Waals surface area contributed by atoms with Crippen LogP contribution in [0.3, 0.4) is 0 Å². The molecule has 0 saturated carbocycles. The number of nitrogens with one attached hydrogen (secondary N) is 2. The van der Waals surface area contributed by atoms with Crippen molar-refractivity contribution in [2.24, 2.45) is 5.41 Å². The van der Waals surface area contributed by atoms with Gasteiger partial charge in [-0.05, 0) is 69.7 Å². The summed E-state index contributed by atoms with van der Waals surface area (Å²) in [4.78, 5) is 12.3. The van der Waals surface area contributed by atoms with Crippen LogP contribution in [-0.2, 0) is 12.8 Å². The Bertz CT molecular complexity index is 778. The van der Waals surface area contributed by atoms with Crippen LogP contribution in [0.2, 0.25) is 0 Å². The summed E-state index contributed by atoms with van der Waals surface area (Å²) in [5.41, 5.74) is 2.75. The fourth-order valence-electron chi connectivity index (χ4n) is 3.73. The van der Waals surface area contributed by atoms with E-state index in [1.165, 1.54) is 34.7 Å². The Hall–Kier alpha value is -1.11. The van der Waals surface area contributed by atoms with Crippen molar-refractivity contribution in [3.63, 3.8) is 0 Å². The van der Waals surface area contributed by atoms with Crippen molar-refractivity contribution in [3.8, 4) is 0 Å². The van der Waals surface area contributed by atoms with Gasteiger partial charge in [-0.1, -0.05) is 13.8 Å². The number of aromatic nitrogens is 2. The number of thiazole rings is 1. The standard InChI is InChI=1S/C20H28N4S2/c1-13-10-15(25-14-5-8-21-9-6-14)11-18(22-13)24-19-23-16-4-7-20(2,3)12-17(16)26-19/h10-11,14,21H,4-9,12H2,1-3H3,(H,22,23,24). The summed E-state index contributed by atoms with van der Waals surface area (Å²) in [7, 11) is 0. The van der Waals surface area contributed by atoms with E-state index in [2.05, 4.69) is 48.5 Å². The Balaban J connectivity index is 1.49. The fourth-order valence-corrected chi connectivity index (χ4v) is 6.28.